The Morgan fingerprint density at radius 2 is 1.83 bits per heavy atom. The second-order valence-corrected chi connectivity index (χ2v) is 4.07. The van der Waals surface area contributed by atoms with Crippen molar-refractivity contribution in [1.82, 2.24) is 5.32 Å². The lowest BCUT2D eigenvalue weighted by atomic mass is 10.1. The second kappa shape index (κ2) is 7.48. The molecule has 4 nitrogen and oxygen atoms in total. The molecule has 0 aromatic heterocycles. The molecule has 1 aromatic rings. The predicted molar refractivity (Wildman–Crippen MR) is 68.9 cm³/mol. The number of rotatable bonds is 6. The van der Waals surface area contributed by atoms with Crippen LogP contribution in [0.3, 0.4) is 0 Å². The van der Waals surface area contributed by atoms with Gasteiger partial charge in [0.05, 0.1) is 13.0 Å². The monoisotopic (exact) mass is 249 g/mol. The molecule has 0 heterocycles. The quantitative estimate of drug-likeness (QED) is 0.784. The summed E-state index contributed by atoms with van der Waals surface area (Å²) in [5.41, 5.74) is 2.23. The minimum Gasteiger partial charge on any atom is -0.466 e. The Kier molecular flexibility index (Phi) is 5.91. The molecule has 0 saturated carbocycles. The average molecular weight is 249 g/mol. The maximum atomic E-state index is 11.5. The van der Waals surface area contributed by atoms with E-state index in [1.54, 1.807) is 6.92 Å². The van der Waals surface area contributed by atoms with Crippen molar-refractivity contribution in [3.8, 4) is 0 Å². The lowest BCUT2D eigenvalue weighted by Gasteiger charge is -2.05. The van der Waals surface area contributed by atoms with E-state index in [1.165, 1.54) is 5.56 Å². The van der Waals surface area contributed by atoms with Gasteiger partial charge in [0.1, 0.15) is 0 Å². The highest BCUT2D eigenvalue weighted by molar-refractivity contribution is 5.81. The molecule has 0 bridgehead atoms. The third kappa shape index (κ3) is 5.48. The Morgan fingerprint density at radius 3 is 2.44 bits per heavy atom. The van der Waals surface area contributed by atoms with Gasteiger partial charge in [-0.3, -0.25) is 9.59 Å². The van der Waals surface area contributed by atoms with Crippen LogP contribution in [0.4, 0.5) is 0 Å². The van der Waals surface area contributed by atoms with E-state index in [-0.39, 0.29) is 24.7 Å². The molecule has 1 N–H and O–H groups in total. The third-order valence-electron chi connectivity index (χ3n) is 2.47. The molecular formula is C14H19NO3. The van der Waals surface area contributed by atoms with Crippen LogP contribution in [0, 0.1) is 6.92 Å². The summed E-state index contributed by atoms with van der Waals surface area (Å²) in [5, 5.41) is 2.77. The molecule has 1 rings (SSSR count). The van der Waals surface area contributed by atoms with Gasteiger partial charge in [-0.2, -0.15) is 0 Å². The van der Waals surface area contributed by atoms with Crippen LogP contribution in [0.1, 0.15) is 30.9 Å². The summed E-state index contributed by atoms with van der Waals surface area (Å²) >= 11 is 0. The van der Waals surface area contributed by atoms with Gasteiger partial charge in [-0.1, -0.05) is 29.8 Å². The standard InChI is InChI=1S/C14H19NO3/c1-3-18-14(17)9-8-13(16)15-10-12-6-4-11(2)5-7-12/h4-7H,3,8-10H2,1-2H3,(H,15,16). The molecular weight excluding hydrogens is 230 g/mol. The van der Waals surface area contributed by atoms with Gasteiger partial charge in [-0.05, 0) is 19.4 Å². The number of carbonyl (C=O) groups is 2. The zero-order valence-electron chi connectivity index (χ0n) is 10.9. The summed E-state index contributed by atoms with van der Waals surface area (Å²) in [5.74, 6) is -0.466. The predicted octanol–water partition coefficient (Wildman–Crippen LogP) is 1.95. The van der Waals surface area contributed by atoms with Crippen LogP contribution in [-0.4, -0.2) is 18.5 Å². The SMILES string of the molecule is CCOC(=O)CCC(=O)NCc1ccc(C)cc1. The van der Waals surface area contributed by atoms with E-state index < -0.39 is 0 Å². The van der Waals surface area contributed by atoms with Gasteiger partial charge in [-0.25, -0.2) is 0 Å². The Bertz CT molecular complexity index is 398. The van der Waals surface area contributed by atoms with Crippen molar-refractivity contribution in [2.75, 3.05) is 6.61 Å². The van der Waals surface area contributed by atoms with Gasteiger partial charge in [0.15, 0.2) is 0 Å². The fourth-order valence-corrected chi connectivity index (χ4v) is 1.44. The summed E-state index contributed by atoms with van der Waals surface area (Å²) in [4.78, 5) is 22.5. The van der Waals surface area contributed by atoms with E-state index in [9.17, 15) is 9.59 Å². The van der Waals surface area contributed by atoms with Crippen LogP contribution in [0.25, 0.3) is 0 Å². The highest BCUT2D eigenvalue weighted by Gasteiger charge is 2.06. The highest BCUT2D eigenvalue weighted by atomic mass is 16.5. The van der Waals surface area contributed by atoms with Gasteiger partial charge >= 0.3 is 5.97 Å². The lowest BCUT2D eigenvalue weighted by molar-refractivity contribution is -0.144. The van der Waals surface area contributed by atoms with Crippen molar-refractivity contribution in [1.29, 1.82) is 0 Å². The fourth-order valence-electron chi connectivity index (χ4n) is 1.44. The van der Waals surface area contributed by atoms with E-state index in [4.69, 9.17) is 4.74 Å². The Labute approximate surface area is 107 Å². The van der Waals surface area contributed by atoms with Gasteiger partial charge in [0.2, 0.25) is 5.91 Å². The molecule has 0 radical (unpaired) electrons. The lowest BCUT2D eigenvalue weighted by Crippen LogP contribution is -2.23. The fraction of sp³-hybridized carbons (Fsp3) is 0.429. The molecule has 0 unspecified atom stereocenters. The molecule has 0 fully saturated rings. The molecule has 1 aromatic carbocycles. The topological polar surface area (TPSA) is 55.4 Å². The van der Waals surface area contributed by atoms with E-state index in [2.05, 4.69) is 5.32 Å². The average Bonchev–Trinajstić information content (AvgIpc) is 2.36. The molecule has 0 aliphatic heterocycles. The van der Waals surface area contributed by atoms with E-state index in [1.807, 2.05) is 31.2 Å². The molecule has 0 aliphatic rings. The van der Waals surface area contributed by atoms with Crippen LogP contribution in [-0.2, 0) is 20.9 Å². The number of amides is 1. The largest absolute Gasteiger partial charge is 0.466 e. The molecule has 0 atom stereocenters. The molecule has 18 heavy (non-hydrogen) atoms. The van der Waals surface area contributed by atoms with Crippen LogP contribution < -0.4 is 5.32 Å². The summed E-state index contributed by atoms with van der Waals surface area (Å²) in [6.45, 7) is 4.60. The first-order valence-electron chi connectivity index (χ1n) is 6.09. The minimum atomic E-state index is -0.331. The third-order valence-corrected chi connectivity index (χ3v) is 2.47. The van der Waals surface area contributed by atoms with Crippen molar-refractivity contribution < 1.29 is 14.3 Å². The number of benzene rings is 1. The first-order valence-corrected chi connectivity index (χ1v) is 6.09. The number of hydrogen-bond donors (Lipinski definition) is 1. The maximum absolute atomic E-state index is 11.5. The number of carbonyl (C=O) groups excluding carboxylic acids is 2. The molecule has 0 aliphatic carbocycles. The maximum Gasteiger partial charge on any atom is 0.306 e. The molecule has 0 spiro atoms. The van der Waals surface area contributed by atoms with Crippen LogP contribution in [0.15, 0.2) is 24.3 Å². The normalized spacial score (nSPS) is 9.89. The Morgan fingerprint density at radius 1 is 1.17 bits per heavy atom. The van der Waals surface area contributed by atoms with Gasteiger partial charge in [0.25, 0.3) is 0 Å². The summed E-state index contributed by atoms with van der Waals surface area (Å²) in [6, 6.07) is 7.95. The number of ether oxygens (including phenoxy) is 1. The number of nitrogens with one attached hydrogen (secondary N) is 1. The van der Waals surface area contributed by atoms with Gasteiger partial charge in [-0.15, -0.1) is 0 Å². The van der Waals surface area contributed by atoms with Crippen molar-refractivity contribution in [2.45, 2.75) is 33.2 Å². The molecule has 98 valence electrons. The number of hydrogen-bond acceptors (Lipinski definition) is 3. The Balaban J connectivity index is 2.24. The number of aryl methyl sites for hydroxylation is 1. The van der Waals surface area contributed by atoms with Crippen molar-refractivity contribution in [3.05, 3.63) is 35.4 Å². The minimum absolute atomic E-state index is 0.133. The second-order valence-electron chi connectivity index (χ2n) is 4.07. The van der Waals surface area contributed by atoms with Gasteiger partial charge < -0.3 is 10.1 Å². The zero-order valence-corrected chi connectivity index (χ0v) is 10.9. The highest BCUT2D eigenvalue weighted by Crippen LogP contribution is 2.02. The number of esters is 1. The first kappa shape index (κ1) is 14.2. The summed E-state index contributed by atoms with van der Waals surface area (Å²) in [6.07, 6.45) is 0.304. The van der Waals surface area contributed by atoms with Crippen LogP contribution in [0.5, 0.6) is 0 Å². The molecule has 0 saturated heterocycles. The summed E-state index contributed by atoms with van der Waals surface area (Å²) < 4.78 is 4.75. The Hall–Kier alpha value is -1.84. The van der Waals surface area contributed by atoms with E-state index in [0.717, 1.165) is 5.56 Å². The van der Waals surface area contributed by atoms with Crippen LogP contribution in [0.2, 0.25) is 0 Å². The zero-order chi connectivity index (χ0) is 13.4. The van der Waals surface area contributed by atoms with Crippen LogP contribution >= 0.6 is 0 Å². The smallest absolute Gasteiger partial charge is 0.306 e. The van der Waals surface area contributed by atoms with Gasteiger partial charge in [0, 0.05) is 13.0 Å². The molecule has 4 heteroatoms. The van der Waals surface area contributed by atoms with E-state index in [0.29, 0.717) is 13.2 Å². The van der Waals surface area contributed by atoms with E-state index >= 15 is 0 Å². The summed E-state index contributed by atoms with van der Waals surface area (Å²) in [7, 11) is 0. The van der Waals surface area contributed by atoms with Crippen molar-refractivity contribution in [3.63, 3.8) is 0 Å². The molecule has 1 amide bonds. The van der Waals surface area contributed by atoms with Crippen molar-refractivity contribution in [2.24, 2.45) is 0 Å². The van der Waals surface area contributed by atoms with Crippen molar-refractivity contribution >= 4 is 11.9 Å². The first-order chi connectivity index (χ1) is 8.61.